The quantitative estimate of drug-likeness (QED) is 0.672. The number of aryl methyl sites for hydroxylation is 2. The first kappa shape index (κ1) is 12.1. The Morgan fingerprint density at radius 1 is 0.850 bits per heavy atom. The number of nitrogens with two attached hydrogens (primary N) is 2. The molecule has 0 aliphatic rings. The smallest absolute Gasteiger partial charge is 0.257 e. The molecule has 3 aromatic heterocycles. The van der Waals surface area contributed by atoms with E-state index in [0.717, 1.165) is 11.4 Å². The van der Waals surface area contributed by atoms with E-state index >= 15 is 0 Å². The molecular formula is C11H13N9. The summed E-state index contributed by atoms with van der Waals surface area (Å²) in [5.41, 5.74) is 13.3. The molecule has 9 heteroatoms. The number of hydrogen-bond donors (Lipinski definition) is 2. The third kappa shape index (κ3) is 1.94. The van der Waals surface area contributed by atoms with Crippen molar-refractivity contribution in [3.8, 4) is 11.9 Å². The second kappa shape index (κ2) is 4.30. The maximum absolute atomic E-state index is 5.85. The van der Waals surface area contributed by atoms with E-state index < -0.39 is 0 Å². The van der Waals surface area contributed by atoms with E-state index in [9.17, 15) is 0 Å². The monoisotopic (exact) mass is 271 g/mol. The first-order valence-corrected chi connectivity index (χ1v) is 5.88. The zero-order chi connectivity index (χ0) is 14.3. The SMILES string of the molecule is Cc1cc(N)n(-c2ncnc(-n3nc(C)cc3N)n2)n1. The molecule has 3 heterocycles. The second-order valence-corrected chi connectivity index (χ2v) is 4.33. The summed E-state index contributed by atoms with van der Waals surface area (Å²) in [6, 6.07) is 3.46. The summed E-state index contributed by atoms with van der Waals surface area (Å²) in [6.07, 6.45) is 1.37. The van der Waals surface area contributed by atoms with Crippen molar-refractivity contribution >= 4 is 11.6 Å². The number of nitrogen functional groups attached to an aromatic ring is 2. The van der Waals surface area contributed by atoms with E-state index in [0.29, 0.717) is 23.5 Å². The van der Waals surface area contributed by atoms with Crippen molar-refractivity contribution in [2.45, 2.75) is 13.8 Å². The van der Waals surface area contributed by atoms with Gasteiger partial charge in [-0.15, -0.1) is 0 Å². The van der Waals surface area contributed by atoms with Crippen LogP contribution in [-0.4, -0.2) is 34.5 Å². The van der Waals surface area contributed by atoms with E-state index in [-0.39, 0.29) is 0 Å². The van der Waals surface area contributed by atoms with Crippen molar-refractivity contribution in [3.63, 3.8) is 0 Å². The molecule has 20 heavy (non-hydrogen) atoms. The van der Waals surface area contributed by atoms with Crippen LogP contribution in [0.15, 0.2) is 18.5 Å². The Bertz CT molecular complexity index is 709. The Morgan fingerprint density at radius 3 is 1.65 bits per heavy atom. The number of aromatic nitrogens is 7. The van der Waals surface area contributed by atoms with Crippen molar-refractivity contribution in [1.29, 1.82) is 0 Å². The lowest BCUT2D eigenvalue weighted by Crippen LogP contribution is -2.12. The molecular weight excluding hydrogens is 258 g/mol. The molecule has 0 atom stereocenters. The summed E-state index contributed by atoms with van der Waals surface area (Å²) in [4.78, 5) is 12.4. The Morgan fingerprint density at radius 2 is 1.30 bits per heavy atom. The van der Waals surface area contributed by atoms with E-state index in [1.807, 2.05) is 13.8 Å². The van der Waals surface area contributed by atoms with Crippen LogP contribution >= 0.6 is 0 Å². The van der Waals surface area contributed by atoms with Crippen LogP contribution in [0.2, 0.25) is 0 Å². The van der Waals surface area contributed by atoms with Crippen LogP contribution in [0.5, 0.6) is 0 Å². The fourth-order valence-corrected chi connectivity index (χ4v) is 1.84. The van der Waals surface area contributed by atoms with Gasteiger partial charge in [-0.25, -0.2) is 0 Å². The van der Waals surface area contributed by atoms with E-state index in [1.165, 1.54) is 15.7 Å². The lowest BCUT2D eigenvalue weighted by molar-refractivity contribution is 0.744. The maximum atomic E-state index is 5.85. The van der Waals surface area contributed by atoms with Gasteiger partial charge in [-0.05, 0) is 13.8 Å². The molecule has 0 aliphatic heterocycles. The molecule has 0 saturated heterocycles. The van der Waals surface area contributed by atoms with Gasteiger partial charge in [0.05, 0.1) is 11.4 Å². The van der Waals surface area contributed by atoms with E-state index in [4.69, 9.17) is 11.5 Å². The van der Waals surface area contributed by atoms with Gasteiger partial charge in [0.25, 0.3) is 11.9 Å². The molecule has 0 saturated carbocycles. The summed E-state index contributed by atoms with van der Waals surface area (Å²) < 4.78 is 2.88. The van der Waals surface area contributed by atoms with Crippen LogP contribution < -0.4 is 11.5 Å². The van der Waals surface area contributed by atoms with Gasteiger partial charge in [0.1, 0.15) is 18.0 Å². The molecule has 0 spiro atoms. The first-order valence-electron chi connectivity index (χ1n) is 5.88. The largest absolute Gasteiger partial charge is 0.383 e. The highest BCUT2D eigenvalue weighted by Crippen LogP contribution is 2.13. The number of rotatable bonds is 2. The summed E-state index contributed by atoms with van der Waals surface area (Å²) in [5.74, 6) is 1.52. The van der Waals surface area contributed by atoms with Crippen LogP contribution in [0.4, 0.5) is 11.6 Å². The second-order valence-electron chi connectivity index (χ2n) is 4.33. The standard InChI is InChI=1S/C11H13N9/c1-6-3-8(12)19(17-6)10-14-5-15-11(16-10)20-9(13)4-7(2)18-20/h3-5H,12-13H2,1-2H3. The molecule has 9 nitrogen and oxygen atoms in total. The lowest BCUT2D eigenvalue weighted by Gasteiger charge is -2.04. The van der Waals surface area contributed by atoms with Crippen LogP contribution in [0.1, 0.15) is 11.4 Å². The molecule has 4 N–H and O–H groups in total. The molecule has 0 radical (unpaired) electrons. The van der Waals surface area contributed by atoms with Gasteiger partial charge >= 0.3 is 0 Å². The van der Waals surface area contributed by atoms with Crippen molar-refractivity contribution in [3.05, 3.63) is 29.8 Å². The van der Waals surface area contributed by atoms with Gasteiger partial charge in [0, 0.05) is 12.1 Å². The summed E-state index contributed by atoms with van der Waals surface area (Å²) >= 11 is 0. The van der Waals surface area contributed by atoms with Gasteiger partial charge < -0.3 is 11.5 Å². The molecule has 0 amide bonds. The predicted octanol–water partition coefficient (Wildman–Crippen LogP) is 0.0242. The highest BCUT2D eigenvalue weighted by Gasteiger charge is 2.12. The minimum absolute atomic E-state index is 0.313. The number of hydrogen-bond acceptors (Lipinski definition) is 7. The average Bonchev–Trinajstić information content (AvgIpc) is 2.91. The molecule has 0 aliphatic carbocycles. The fraction of sp³-hybridized carbons (Fsp3) is 0.182. The zero-order valence-electron chi connectivity index (χ0n) is 11.0. The van der Waals surface area contributed by atoms with Gasteiger partial charge in [0.2, 0.25) is 0 Å². The Balaban J connectivity index is 2.10. The van der Waals surface area contributed by atoms with Crippen molar-refractivity contribution in [1.82, 2.24) is 34.5 Å². The molecule has 3 aromatic rings. The van der Waals surface area contributed by atoms with Crippen molar-refractivity contribution in [2.75, 3.05) is 11.5 Å². The lowest BCUT2D eigenvalue weighted by atomic mass is 10.5. The van der Waals surface area contributed by atoms with Crippen LogP contribution in [0.3, 0.4) is 0 Å². The molecule has 0 bridgehead atoms. The third-order valence-electron chi connectivity index (χ3n) is 2.64. The minimum atomic E-state index is 0.313. The normalized spacial score (nSPS) is 10.9. The summed E-state index contributed by atoms with van der Waals surface area (Å²) in [7, 11) is 0. The summed E-state index contributed by atoms with van der Waals surface area (Å²) in [6.45, 7) is 3.67. The average molecular weight is 271 g/mol. The van der Waals surface area contributed by atoms with Crippen molar-refractivity contribution in [2.24, 2.45) is 0 Å². The van der Waals surface area contributed by atoms with Gasteiger partial charge in [0.15, 0.2) is 0 Å². The van der Waals surface area contributed by atoms with Gasteiger partial charge in [-0.3, -0.25) is 0 Å². The molecule has 0 aromatic carbocycles. The topological polar surface area (TPSA) is 126 Å². The Hall–Kier alpha value is -2.97. The van der Waals surface area contributed by atoms with Crippen LogP contribution in [0, 0.1) is 13.8 Å². The highest BCUT2D eigenvalue weighted by atomic mass is 15.4. The summed E-state index contributed by atoms with van der Waals surface area (Å²) in [5, 5.41) is 8.44. The van der Waals surface area contributed by atoms with Crippen LogP contribution in [-0.2, 0) is 0 Å². The first-order chi connectivity index (χ1) is 9.54. The molecule has 102 valence electrons. The van der Waals surface area contributed by atoms with Gasteiger partial charge in [-0.2, -0.15) is 34.5 Å². The number of nitrogens with zero attached hydrogens (tertiary/aromatic N) is 7. The zero-order valence-corrected chi connectivity index (χ0v) is 11.0. The van der Waals surface area contributed by atoms with Crippen LogP contribution in [0.25, 0.3) is 11.9 Å². The van der Waals surface area contributed by atoms with Crippen molar-refractivity contribution < 1.29 is 0 Å². The highest BCUT2D eigenvalue weighted by molar-refractivity contribution is 5.39. The van der Waals surface area contributed by atoms with E-state index in [1.54, 1.807) is 12.1 Å². The maximum Gasteiger partial charge on any atom is 0.257 e. The Kier molecular flexibility index (Phi) is 2.60. The number of anilines is 2. The van der Waals surface area contributed by atoms with Gasteiger partial charge in [-0.1, -0.05) is 0 Å². The third-order valence-corrected chi connectivity index (χ3v) is 2.64. The fourth-order valence-electron chi connectivity index (χ4n) is 1.84. The molecule has 3 rings (SSSR count). The molecule has 0 fully saturated rings. The minimum Gasteiger partial charge on any atom is -0.383 e. The predicted molar refractivity (Wildman–Crippen MR) is 72.4 cm³/mol. The molecule has 0 unspecified atom stereocenters. The van der Waals surface area contributed by atoms with E-state index in [2.05, 4.69) is 25.1 Å². The Labute approximate surface area is 114 Å².